The molecule has 0 saturated carbocycles. The Morgan fingerprint density at radius 1 is 1.45 bits per heavy atom. The number of H-pyrrole nitrogens is 1. The molecule has 3 N–H and O–H groups in total. The minimum atomic E-state index is -3.99. The quantitative estimate of drug-likeness (QED) is 0.682. The maximum Gasteiger partial charge on any atom is 0.337 e. The first kappa shape index (κ1) is 13.7. The summed E-state index contributed by atoms with van der Waals surface area (Å²) in [6, 6.07) is 2.17. The number of nitrogens with one attached hydrogen (secondary N) is 2. The molecule has 0 saturated heterocycles. The van der Waals surface area contributed by atoms with Crippen LogP contribution in [0.25, 0.3) is 0 Å². The Hall–Kier alpha value is -2.69. The highest BCUT2D eigenvalue weighted by Gasteiger charge is 2.18. The molecule has 2 aromatic heterocycles. The van der Waals surface area contributed by atoms with Crippen LogP contribution in [0.4, 0.5) is 5.95 Å². The first-order valence-electron chi connectivity index (χ1n) is 5.11. The molecule has 0 amide bonds. The second-order valence-corrected chi connectivity index (χ2v) is 5.10. The molecule has 2 rings (SSSR count). The summed E-state index contributed by atoms with van der Waals surface area (Å²) in [5.74, 6) is -1.35. The van der Waals surface area contributed by atoms with Gasteiger partial charge in [0.1, 0.15) is 0 Å². The summed E-state index contributed by atoms with van der Waals surface area (Å²) < 4.78 is 30.6. The van der Waals surface area contributed by atoms with Crippen LogP contribution >= 0.6 is 0 Å². The molecule has 0 fully saturated rings. The van der Waals surface area contributed by atoms with Crippen molar-refractivity contribution in [2.24, 2.45) is 0 Å². The molecular weight excluding hydrogens is 290 g/mol. The van der Waals surface area contributed by atoms with Crippen LogP contribution in [0.15, 0.2) is 23.4 Å². The minimum Gasteiger partial charge on any atom is -0.478 e. The lowest BCUT2D eigenvalue weighted by atomic mass is 10.3. The predicted octanol–water partition coefficient (Wildman–Crippen LogP) is -0.293. The zero-order chi connectivity index (χ0) is 14.8. The number of rotatable bonds is 5. The van der Waals surface area contributed by atoms with Crippen molar-refractivity contribution in [3.63, 3.8) is 0 Å². The van der Waals surface area contributed by atoms with E-state index in [1.807, 2.05) is 0 Å². The lowest BCUT2D eigenvalue weighted by Gasteiger charge is -2.03. The van der Waals surface area contributed by atoms with Gasteiger partial charge in [-0.05, 0) is 12.1 Å². The van der Waals surface area contributed by atoms with Crippen LogP contribution < -0.4 is 9.46 Å². The number of pyridine rings is 1. The molecule has 0 bridgehead atoms. The van der Waals surface area contributed by atoms with Gasteiger partial charge in [0.05, 0.1) is 12.7 Å². The Balaban J connectivity index is 2.23. The van der Waals surface area contributed by atoms with Crippen molar-refractivity contribution in [1.82, 2.24) is 20.2 Å². The van der Waals surface area contributed by atoms with E-state index in [4.69, 9.17) is 5.11 Å². The van der Waals surface area contributed by atoms with Crippen LogP contribution in [-0.2, 0) is 10.0 Å². The van der Waals surface area contributed by atoms with E-state index in [1.54, 1.807) is 0 Å². The summed E-state index contributed by atoms with van der Waals surface area (Å²) in [5, 5.41) is 14.2. The van der Waals surface area contributed by atoms with Crippen molar-refractivity contribution >= 4 is 21.9 Å². The molecule has 0 aliphatic heterocycles. The molecule has 0 aliphatic rings. The lowest BCUT2D eigenvalue weighted by molar-refractivity contribution is 0.0696. The van der Waals surface area contributed by atoms with Gasteiger partial charge in [-0.3, -0.25) is 0 Å². The number of sulfonamides is 1. The molecule has 0 atom stereocenters. The normalized spacial score (nSPS) is 11.1. The van der Waals surface area contributed by atoms with Gasteiger partial charge in [0, 0.05) is 6.20 Å². The fourth-order valence-corrected chi connectivity index (χ4v) is 2.12. The second kappa shape index (κ2) is 5.13. The molecule has 10 nitrogen and oxygen atoms in total. The number of carboxylic acid groups (broad SMARTS) is 1. The number of carboxylic acids is 1. The van der Waals surface area contributed by atoms with Crippen LogP contribution in [0, 0.1) is 0 Å². The Morgan fingerprint density at radius 2 is 2.20 bits per heavy atom. The zero-order valence-corrected chi connectivity index (χ0v) is 10.9. The van der Waals surface area contributed by atoms with Gasteiger partial charge in [0.15, 0.2) is 5.03 Å². The number of aromatic carboxylic acids is 1. The third-order valence-corrected chi connectivity index (χ3v) is 3.39. The summed E-state index contributed by atoms with van der Waals surface area (Å²) >= 11 is 0. The average molecular weight is 299 g/mol. The van der Waals surface area contributed by atoms with E-state index in [2.05, 4.69) is 29.6 Å². The number of hydrogen-bond donors (Lipinski definition) is 3. The summed E-state index contributed by atoms with van der Waals surface area (Å²) in [5.41, 5.74) is -0.120. The topological polar surface area (TPSA) is 147 Å². The number of ether oxygens (including phenoxy) is 1. The first-order valence-corrected chi connectivity index (χ1v) is 6.59. The second-order valence-electron chi connectivity index (χ2n) is 3.47. The highest BCUT2D eigenvalue weighted by atomic mass is 32.2. The van der Waals surface area contributed by atoms with Crippen molar-refractivity contribution in [3.8, 4) is 6.01 Å². The fourth-order valence-electron chi connectivity index (χ4n) is 1.23. The smallest absolute Gasteiger partial charge is 0.337 e. The third kappa shape index (κ3) is 2.83. The summed E-state index contributed by atoms with van der Waals surface area (Å²) in [6.45, 7) is 0. The van der Waals surface area contributed by atoms with Crippen LogP contribution in [0.1, 0.15) is 10.4 Å². The van der Waals surface area contributed by atoms with Crippen molar-refractivity contribution in [2.45, 2.75) is 5.03 Å². The van der Waals surface area contributed by atoms with Gasteiger partial charge in [-0.15, -0.1) is 5.10 Å². The van der Waals surface area contributed by atoms with Crippen LogP contribution in [0.2, 0.25) is 0 Å². The Bertz CT molecular complexity index is 723. The van der Waals surface area contributed by atoms with E-state index in [9.17, 15) is 13.2 Å². The molecular formula is C9H9N5O5S. The molecule has 0 aliphatic carbocycles. The maximum absolute atomic E-state index is 11.9. The van der Waals surface area contributed by atoms with Crippen LogP contribution in [0.3, 0.4) is 0 Å². The van der Waals surface area contributed by atoms with E-state index in [0.717, 1.165) is 18.3 Å². The molecule has 2 aromatic rings. The fraction of sp³-hybridized carbons (Fsp3) is 0.111. The molecule has 0 unspecified atom stereocenters. The van der Waals surface area contributed by atoms with Gasteiger partial charge in [0.2, 0.25) is 5.95 Å². The number of nitrogens with zero attached hydrogens (tertiary/aromatic N) is 3. The number of hydrogen-bond acceptors (Lipinski definition) is 7. The molecule has 20 heavy (non-hydrogen) atoms. The predicted molar refractivity (Wildman–Crippen MR) is 64.9 cm³/mol. The standard InChI is InChI=1S/C9H9N5O5S/c1-19-9-11-8(12-13-9)14-20(17,18)6-3-2-5(4-10-6)7(15)16/h2-4H,1H3,(H,15,16)(H2,11,12,13,14). The van der Waals surface area contributed by atoms with E-state index >= 15 is 0 Å². The number of aromatic nitrogens is 4. The zero-order valence-electron chi connectivity index (χ0n) is 10.1. The summed E-state index contributed by atoms with van der Waals surface area (Å²) in [6.07, 6.45) is 0.942. The lowest BCUT2D eigenvalue weighted by Crippen LogP contribution is -2.15. The molecule has 0 spiro atoms. The summed E-state index contributed by atoms with van der Waals surface area (Å²) in [7, 11) is -2.67. The number of methoxy groups -OCH3 is 1. The van der Waals surface area contributed by atoms with Crippen molar-refractivity contribution < 1.29 is 23.1 Å². The Labute approximate surface area is 112 Å². The highest BCUT2D eigenvalue weighted by Crippen LogP contribution is 2.12. The van der Waals surface area contributed by atoms with Crippen molar-refractivity contribution in [3.05, 3.63) is 23.9 Å². The van der Waals surface area contributed by atoms with E-state index < -0.39 is 16.0 Å². The number of carbonyl (C=O) groups is 1. The Kier molecular flexibility index (Phi) is 3.52. The number of anilines is 1. The van der Waals surface area contributed by atoms with Crippen LogP contribution in [-0.4, -0.2) is 46.8 Å². The average Bonchev–Trinajstić information content (AvgIpc) is 2.85. The summed E-state index contributed by atoms with van der Waals surface area (Å²) in [4.78, 5) is 17.9. The maximum atomic E-state index is 11.9. The van der Waals surface area contributed by atoms with Crippen molar-refractivity contribution in [2.75, 3.05) is 11.8 Å². The van der Waals surface area contributed by atoms with Crippen molar-refractivity contribution in [1.29, 1.82) is 0 Å². The van der Waals surface area contributed by atoms with Gasteiger partial charge in [0.25, 0.3) is 10.0 Å². The molecule has 2 heterocycles. The van der Waals surface area contributed by atoms with Gasteiger partial charge in [-0.1, -0.05) is 0 Å². The van der Waals surface area contributed by atoms with Gasteiger partial charge in [-0.2, -0.15) is 13.4 Å². The third-order valence-electron chi connectivity index (χ3n) is 2.14. The van der Waals surface area contributed by atoms with Crippen LogP contribution in [0.5, 0.6) is 6.01 Å². The van der Waals surface area contributed by atoms with Gasteiger partial charge in [-0.25, -0.2) is 19.6 Å². The Morgan fingerprint density at radius 3 is 2.70 bits per heavy atom. The van der Waals surface area contributed by atoms with Gasteiger partial charge < -0.3 is 9.84 Å². The minimum absolute atomic E-state index is 0.0307. The molecule has 0 aromatic carbocycles. The number of aromatic amines is 1. The van der Waals surface area contributed by atoms with E-state index in [0.29, 0.717) is 0 Å². The monoisotopic (exact) mass is 299 g/mol. The van der Waals surface area contributed by atoms with Gasteiger partial charge >= 0.3 is 12.0 Å². The highest BCUT2D eigenvalue weighted by molar-refractivity contribution is 7.92. The molecule has 106 valence electrons. The first-order chi connectivity index (χ1) is 9.42. The SMILES string of the molecule is COc1n[nH]c(NS(=O)(=O)c2ccc(C(=O)O)cn2)n1. The molecule has 0 radical (unpaired) electrons. The molecule has 11 heteroatoms. The van der Waals surface area contributed by atoms with E-state index in [-0.39, 0.29) is 22.5 Å². The largest absolute Gasteiger partial charge is 0.478 e. The van der Waals surface area contributed by atoms with E-state index in [1.165, 1.54) is 7.11 Å².